The fourth-order valence-corrected chi connectivity index (χ4v) is 5.36. The van der Waals surface area contributed by atoms with Gasteiger partial charge in [-0.3, -0.25) is 14.7 Å². The van der Waals surface area contributed by atoms with Crippen LogP contribution in [0.4, 0.5) is 4.39 Å². The van der Waals surface area contributed by atoms with Crippen LogP contribution in [0.5, 0.6) is 0 Å². The molecule has 4 rings (SSSR count). The molecule has 0 N–H and O–H groups in total. The predicted molar refractivity (Wildman–Crippen MR) is 136 cm³/mol. The van der Waals surface area contributed by atoms with Crippen LogP contribution in [-0.4, -0.2) is 80.3 Å². The van der Waals surface area contributed by atoms with Gasteiger partial charge in [-0.1, -0.05) is 11.5 Å². The van der Waals surface area contributed by atoms with Gasteiger partial charge in [-0.05, 0) is 50.9 Å². The Labute approximate surface area is 215 Å². The van der Waals surface area contributed by atoms with E-state index >= 15 is 0 Å². The van der Waals surface area contributed by atoms with Gasteiger partial charge in [0.15, 0.2) is 10.8 Å². The van der Waals surface area contributed by atoms with Crippen molar-refractivity contribution in [1.82, 2.24) is 14.8 Å². The lowest BCUT2D eigenvalue weighted by Crippen LogP contribution is -2.37. The number of thiazole rings is 1. The molecule has 36 heavy (non-hydrogen) atoms. The van der Waals surface area contributed by atoms with Gasteiger partial charge in [0.25, 0.3) is 0 Å². The summed E-state index contributed by atoms with van der Waals surface area (Å²) in [5.74, 6) is -0.475. The lowest BCUT2D eigenvalue weighted by molar-refractivity contribution is -0.144. The van der Waals surface area contributed by atoms with Crippen molar-refractivity contribution in [2.24, 2.45) is 10.9 Å². The highest BCUT2D eigenvalue weighted by Gasteiger charge is 2.42. The SMILES string of the molecule is [B]c1cc(F)ccc1[C@@H]1N=C(c2nccs2)N2C[C@@H](CN(C)CC(=O)OCC)CC2=C1C(=O)OCC. The van der Waals surface area contributed by atoms with Gasteiger partial charge in [-0.15, -0.1) is 11.3 Å². The maximum absolute atomic E-state index is 13.8. The molecule has 11 heteroatoms. The summed E-state index contributed by atoms with van der Waals surface area (Å²) < 4.78 is 24.3. The zero-order chi connectivity index (χ0) is 25.8. The van der Waals surface area contributed by atoms with E-state index in [1.54, 1.807) is 26.1 Å². The van der Waals surface area contributed by atoms with E-state index in [1.165, 1.54) is 23.5 Å². The van der Waals surface area contributed by atoms with Crippen molar-refractivity contribution < 1.29 is 23.5 Å². The minimum atomic E-state index is -0.759. The molecule has 0 unspecified atom stereocenters. The second-order valence-corrected chi connectivity index (χ2v) is 9.62. The molecule has 2 radical (unpaired) electrons. The molecule has 8 nitrogen and oxygen atoms in total. The van der Waals surface area contributed by atoms with E-state index in [0.717, 1.165) is 5.70 Å². The van der Waals surface area contributed by atoms with E-state index in [1.807, 2.05) is 22.2 Å². The molecule has 3 heterocycles. The Morgan fingerprint density at radius 3 is 2.72 bits per heavy atom. The molecule has 1 fully saturated rings. The maximum atomic E-state index is 13.8. The van der Waals surface area contributed by atoms with E-state index in [0.29, 0.717) is 48.1 Å². The molecule has 0 bridgehead atoms. The van der Waals surface area contributed by atoms with Crippen LogP contribution in [0.15, 0.2) is 46.0 Å². The topological polar surface area (TPSA) is 84.3 Å². The number of hydrogen-bond acceptors (Lipinski definition) is 9. The molecule has 0 amide bonds. The quantitative estimate of drug-likeness (QED) is 0.378. The largest absolute Gasteiger partial charge is 0.465 e. The Bertz CT molecular complexity index is 1190. The van der Waals surface area contributed by atoms with Crippen LogP contribution < -0.4 is 5.46 Å². The Morgan fingerprint density at radius 1 is 1.28 bits per heavy atom. The molecule has 2 aliphatic heterocycles. The Balaban J connectivity index is 1.74. The number of allylic oxidation sites excluding steroid dienone is 1. The first-order chi connectivity index (χ1) is 17.3. The van der Waals surface area contributed by atoms with Crippen LogP contribution >= 0.6 is 11.3 Å². The molecule has 0 saturated carbocycles. The number of carbonyl (C=O) groups is 2. The fourth-order valence-electron chi connectivity index (χ4n) is 4.72. The lowest BCUT2D eigenvalue weighted by Gasteiger charge is -2.32. The number of carbonyl (C=O) groups excluding carboxylic acids is 2. The second-order valence-electron chi connectivity index (χ2n) is 8.73. The lowest BCUT2D eigenvalue weighted by atomic mass is 9.83. The predicted octanol–water partition coefficient (Wildman–Crippen LogP) is 2.21. The average Bonchev–Trinajstić information content (AvgIpc) is 3.48. The second kappa shape index (κ2) is 11.3. The monoisotopic (exact) mass is 510 g/mol. The number of likely N-dealkylation sites (N-methyl/N-ethyl adjacent to an activating group) is 1. The van der Waals surface area contributed by atoms with Gasteiger partial charge in [-0.25, -0.2) is 14.2 Å². The normalized spacial score (nSPS) is 19.4. The van der Waals surface area contributed by atoms with Crippen molar-refractivity contribution in [2.75, 3.05) is 39.9 Å². The number of nitrogens with zero attached hydrogens (tertiary/aromatic N) is 4. The summed E-state index contributed by atoms with van der Waals surface area (Å²) in [5.41, 5.74) is 1.92. The molecule has 1 aromatic heterocycles. The molecule has 2 atom stereocenters. The van der Waals surface area contributed by atoms with Gasteiger partial charge in [0.1, 0.15) is 19.7 Å². The number of esters is 2. The smallest absolute Gasteiger partial charge is 0.338 e. The van der Waals surface area contributed by atoms with Crippen LogP contribution in [0, 0.1) is 11.7 Å². The summed E-state index contributed by atoms with van der Waals surface area (Å²) >= 11 is 1.45. The molecule has 2 aliphatic rings. The highest BCUT2D eigenvalue weighted by Crippen LogP contribution is 2.42. The summed E-state index contributed by atoms with van der Waals surface area (Å²) in [6, 6.07) is 3.35. The van der Waals surface area contributed by atoms with Gasteiger partial charge in [0, 0.05) is 30.4 Å². The third-order valence-electron chi connectivity index (χ3n) is 6.08. The molecule has 2 aromatic rings. The number of hydrogen-bond donors (Lipinski definition) is 0. The molecular weight excluding hydrogens is 482 g/mol. The number of benzene rings is 1. The van der Waals surface area contributed by atoms with Gasteiger partial charge in [0.2, 0.25) is 0 Å². The van der Waals surface area contributed by atoms with E-state index in [-0.39, 0.29) is 30.5 Å². The number of amidine groups is 1. The van der Waals surface area contributed by atoms with Crippen LogP contribution in [0.1, 0.15) is 36.9 Å². The zero-order valence-electron chi connectivity index (χ0n) is 20.6. The average molecular weight is 510 g/mol. The number of halogens is 1. The highest BCUT2D eigenvalue weighted by molar-refractivity contribution is 7.11. The third-order valence-corrected chi connectivity index (χ3v) is 6.85. The summed E-state index contributed by atoms with van der Waals surface area (Å²) in [7, 11) is 8.06. The van der Waals surface area contributed by atoms with Gasteiger partial charge in [-0.2, -0.15) is 0 Å². The molecule has 188 valence electrons. The van der Waals surface area contributed by atoms with Gasteiger partial charge in [0.05, 0.1) is 25.3 Å². The molecule has 1 aromatic carbocycles. The van der Waals surface area contributed by atoms with Crippen LogP contribution in [0.25, 0.3) is 0 Å². The first kappa shape index (κ1) is 26.0. The van der Waals surface area contributed by atoms with Crippen molar-refractivity contribution in [3.63, 3.8) is 0 Å². The Morgan fingerprint density at radius 2 is 2.06 bits per heavy atom. The molecule has 0 aliphatic carbocycles. The van der Waals surface area contributed by atoms with Gasteiger partial charge < -0.3 is 14.4 Å². The van der Waals surface area contributed by atoms with Crippen molar-refractivity contribution in [1.29, 1.82) is 0 Å². The van der Waals surface area contributed by atoms with Crippen molar-refractivity contribution in [2.45, 2.75) is 26.3 Å². The van der Waals surface area contributed by atoms with E-state index < -0.39 is 17.8 Å². The maximum Gasteiger partial charge on any atom is 0.338 e. The minimum absolute atomic E-state index is 0.110. The Hall–Kier alpha value is -3.05. The zero-order valence-corrected chi connectivity index (χ0v) is 21.4. The van der Waals surface area contributed by atoms with Gasteiger partial charge >= 0.3 is 11.9 Å². The first-order valence-electron chi connectivity index (χ1n) is 11.9. The van der Waals surface area contributed by atoms with Crippen molar-refractivity contribution in [3.05, 3.63) is 57.4 Å². The summed E-state index contributed by atoms with van der Waals surface area (Å²) in [6.45, 7) is 5.45. The number of ether oxygens (including phenoxy) is 2. The fraction of sp³-hybridized carbons (Fsp3) is 0.440. The summed E-state index contributed by atoms with van der Waals surface area (Å²) in [5, 5.41) is 2.57. The summed E-state index contributed by atoms with van der Waals surface area (Å²) in [4.78, 5) is 38.5. The van der Waals surface area contributed by atoms with E-state index in [9.17, 15) is 14.0 Å². The third kappa shape index (κ3) is 5.52. The Kier molecular flexibility index (Phi) is 8.20. The molecular formula is C25H28BFN4O4S. The summed E-state index contributed by atoms with van der Waals surface area (Å²) in [6.07, 6.45) is 2.28. The standard InChI is InChI=1S/C25H28BFN4O4S/c1-4-34-20(32)14-30(3)12-15-10-19-21(25(33)35-5-2)22(17-7-6-16(27)11-18(17)26)29-23(31(19)13-15)24-28-8-9-36-24/h6-9,11,15,22H,4-5,10,12-14H2,1-3H3/t15-,22+/m1/s1. The van der Waals surface area contributed by atoms with Crippen LogP contribution in [0.2, 0.25) is 0 Å². The van der Waals surface area contributed by atoms with Crippen LogP contribution in [0.3, 0.4) is 0 Å². The van der Waals surface area contributed by atoms with E-state index in [4.69, 9.17) is 22.3 Å². The number of fused-ring (bicyclic) bond motifs is 1. The van der Waals surface area contributed by atoms with Crippen molar-refractivity contribution >= 4 is 42.4 Å². The highest BCUT2D eigenvalue weighted by atomic mass is 32.1. The molecule has 1 saturated heterocycles. The number of aromatic nitrogens is 1. The van der Waals surface area contributed by atoms with Crippen LogP contribution in [-0.2, 0) is 19.1 Å². The number of aliphatic imine (C=N–C) groups is 1. The van der Waals surface area contributed by atoms with E-state index in [2.05, 4.69) is 4.98 Å². The molecule has 0 spiro atoms. The van der Waals surface area contributed by atoms with Crippen molar-refractivity contribution in [3.8, 4) is 0 Å². The minimum Gasteiger partial charge on any atom is -0.465 e. The first-order valence-corrected chi connectivity index (χ1v) is 12.7. The number of rotatable bonds is 9.